The Morgan fingerprint density at radius 2 is 2.06 bits per heavy atom. The lowest BCUT2D eigenvalue weighted by Gasteiger charge is -2.34. The maximum absolute atomic E-state index is 9.04. The third-order valence-electron chi connectivity index (χ3n) is 3.55. The minimum atomic E-state index is 0.110. The number of hydrogen-bond donors (Lipinski definition) is 1. The molecule has 2 fully saturated rings. The van der Waals surface area contributed by atoms with Crippen molar-refractivity contribution >= 4 is 16.5 Å². The summed E-state index contributed by atoms with van der Waals surface area (Å²) in [7, 11) is 0. The molecule has 1 saturated heterocycles. The fourth-order valence-electron chi connectivity index (χ4n) is 2.30. The molecule has 4 nitrogen and oxygen atoms in total. The van der Waals surface area contributed by atoms with Crippen LogP contribution in [0, 0.1) is 5.92 Å². The fraction of sp³-hybridized carbons (Fsp3) is 0.750. The van der Waals surface area contributed by atoms with Gasteiger partial charge in [0.25, 0.3) is 0 Å². The highest BCUT2D eigenvalue weighted by Gasteiger charge is 2.26. The number of rotatable bonds is 4. The molecule has 17 heavy (non-hydrogen) atoms. The zero-order valence-corrected chi connectivity index (χ0v) is 10.8. The summed E-state index contributed by atoms with van der Waals surface area (Å²) in [6, 6.07) is 0. The smallest absolute Gasteiger partial charge is 0.185 e. The van der Waals surface area contributed by atoms with Crippen molar-refractivity contribution in [3.8, 4) is 0 Å². The van der Waals surface area contributed by atoms with Crippen LogP contribution >= 0.6 is 11.3 Å². The monoisotopic (exact) mass is 253 g/mol. The minimum Gasteiger partial charge on any atom is -0.391 e. The van der Waals surface area contributed by atoms with E-state index in [2.05, 4.69) is 14.8 Å². The highest BCUT2D eigenvalue weighted by molar-refractivity contribution is 7.15. The number of aromatic nitrogens is 1. The van der Waals surface area contributed by atoms with Crippen LogP contribution in [-0.4, -0.2) is 47.7 Å². The van der Waals surface area contributed by atoms with E-state index in [-0.39, 0.29) is 6.61 Å². The van der Waals surface area contributed by atoms with Crippen LogP contribution < -0.4 is 4.90 Å². The van der Waals surface area contributed by atoms with E-state index in [0.717, 1.165) is 42.1 Å². The average Bonchev–Trinajstić information content (AvgIpc) is 3.05. The number of nitrogens with zero attached hydrogens (tertiary/aromatic N) is 3. The first-order valence-electron chi connectivity index (χ1n) is 6.38. The number of aliphatic hydroxyl groups excluding tert-OH is 1. The summed E-state index contributed by atoms with van der Waals surface area (Å²) in [6.45, 7) is 5.87. The zero-order chi connectivity index (χ0) is 11.7. The highest BCUT2D eigenvalue weighted by Crippen LogP contribution is 2.30. The molecule has 1 aliphatic heterocycles. The van der Waals surface area contributed by atoms with Gasteiger partial charge in [0.1, 0.15) is 0 Å². The average molecular weight is 253 g/mol. The van der Waals surface area contributed by atoms with Crippen LogP contribution in [0.4, 0.5) is 5.13 Å². The van der Waals surface area contributed by atoms with Crippen molar-refractivity contribution in [2.75, 3.05) is 37.6 Å². The molecule has 1 saturated carbocycles. The van der Waals surface area contributed by atoms with Crippen molar-refractivity contribution in [1.29, 1.82) is 0 Å². The Labute approximate surface area is 106 Å². The van der Waals surface area contributed by atoms with Crippen LogP contribution in [0.15, 0.2) is 6.20 Å². The van der Waals surface area contributed by atoms with Crippen LogP contribution in [-0.2, 0) is 6.61 Å². The Morgan fingerprint density at radius 1 is 1.29 bits per heavy atom. The van der Waals surface area contributed by atoms with Crippen LogP contribution in [0.2, 0.25) is 0 Å². The van der Waals surface area contributed by atoms with Gasteiger partial charge in [0.2, 0.25) is 0 Å². The topological polar surface area (TPSA) is 39.6 Å². The first-order chi connectivity index (χ1) is 8.35. The summed E-state index contributed by atoms with van der Waals surface area (Å²) in [5.41, 5.74) is 0. The predicted octanol–water partition coefficient (Wildman–Crippen LogP) is 1.17. The number of piperazine rings is 1. The van der Waals surface area contributed by atoms with Gasteiger partial charge in [-0.05, 0) is 18.8 Å². The quantitative estimate of drug-likeness (QED) is 0.874. The lowest BCUT2D eigenvalue weighted by Crippen LogP contribution is -2.46. The van der Waals surface area contributed by atoms with Gasteiger partial charge in [-0.1, -0.05) is 11.3 Å². The van der Waals surface area contributed by atoms with Gasteiger partial charge >= 0.3 is 0 Å². The van der Waals surface area contributed by atoms with Crippen molar-refractivity contribution in [2.24, 2.45) is 5.92 Å². The van der Waals surface area contributed by atoms with Gasteiger partial charge < -0.3 is 10.0 Å². The molecule has 5 heteroatoms. The summed E-state index contributed by atoms with van der Waals surface area (Å²) in [6.07, 6.45) is 4.66. The van der Waals surface area contributed by atoms with Gasteiger partial charge in [0.15, 0.2) is 5.13 Å². The maximum atomic E-state index is 9.04. The third kappa shape index (κ3) is 2.78. The SMILES string of the molecule is OCc1cnc(N2CCN(CC3CC3)CC2)s1. The zero-order valence-electron chi connectivity index (χ0n) is 10.0. The van der Waals surface area contributed by atoms with E-state index in [1.54, 1.807) is 17.5 Å². The molecule has 0 unspecified atom stereocenters. The molecular weight excluding hydrogens is 234 g/mol. The van der Waals surface area contributed by atoms with Crippen molar-refractivity contribution in [3.63, 3.8) is 0 Å². The van der Waals surface area contributed by atoms with E-state index in [4.69, 9.17) is 5.11 Å². The molecule has 94 valence electrons. The second-order valence-corrected chi connectivity index (χ2v) is 6.09. The molecule has 0 atom stereocenters. The van der Waals surface area contributed by atoms with Crippen LogP contribution in [0.5, 0.6) is 0 Å². The molecule has 2 aliphatic rings. The number of hydrogen-bond acceptors (Lipinski definition) is 5. The molecule has 0 amide bonds. The normalized spacial score (nSPS) is 22.1. The number of thiazole rings is 1. The van der Waals surface area contributed by atoms with Gasteiger partial charge in [0, 0.05) is 38.9 Å². The lowest BCUT2D eigenvalue weighted by atomic mass is 10.3. The van der Waals surface area contributed by atoms with E-state index in [9.17, 15) is 0 Å². The fourth-order valence-corrected chi connectivity index (χ4v) is 3.13. The Hall–Kier alpha value is -0.650. The molecule has 0 spiro atoms. The second-order valence-electron chi connectivity index (χ2n) is 5.00. The van der Waals surface area contributed by atoms with Gasteiger partial charge in [-0.3, -0.25) is 4.90 Å². The summed E-state index contributed by atoms with van der Waals surface area (Å²) < 4.78 is 0. The molecular formula is C12H19N3OS. The Kier molecular flexibility index (Phi) is 3.31. The molecule has 3 rings (SSSR count). The van der Waals surface area contributed by atoms with E-state index in [1.165, 1.54) is 19.4 Å². The standard InChI is InChI=1S/C12H19N3OS/c16-9-11-7-13-12(17-11)15-5-3-14(4-6-15)8-10-1-2-10/h7,10,16H,1-6,8-9H2. The van der Waals surface area contributed by atoms with E-state index < -0.39 is 0 Å². The predicted molar refractivity (Wildman–Crippen MR) is 69.4 cm³/mol. The van der Waals surface area contributed by atoms with Crippen molar-refractivity contribution < 1.29 is 5.11 Å². The molecule has 1 aromatic heterocycles. The summed E-state index contributed by atoms with van der Waals surface area (Å²) in [5, 5.41) is 10.1. The molecule has 1 aromatic rings. The largest absolute Gasteiger partial charge is 0.391 e. The van der Waals surface area contributed by atoms with Crippen molar-refractivity contribution in [2.45, 2.75) is 19.4 Å². The molecule has 0 bridgehead atoms. The first-order valence-corrected chi connectivity index (χ1v) is 7.19. The Balaban J connectivity index is 1.52. The van der Waals surface area contributed by atoms with Gasteiger partial charge in [-0.2, -0.15) is 0 Å². The van der Waals surface area contributed by atoms with Crippen LogP contribution in [0.1, 0.15) is 17.7 Å². The lowest BCUT2D eigenvalue weighted by molar-refractivity contribution is 0.248. The van der Waals surface area contributed by atoms with Gasteiger partial charge in [0.05, 0.1) is 11.5 Å². The minimum absolute atomic E-state index is 0.110. The molecule has 0 radical (unpaired) electrons. The Morgan fingerprint density at radius 3 is 2.65 bits per heavy atom. The Bertz CT molecular complexity index is 370. The molecule has 2 heterocycles. The van der Waals surface area contributed by atoms with E-state index in [0.29, 0.717) is 0 Å². The summed E-state index contributed by atoms with van der Waals surface area (Å²) in [5.74, 6) is 0.988. The summed E-state index contributed by atoms with van der Waals surface area (Å²) >= 11 is 1.61. The second kappa shape index (κ2) is 4.92. The number of aliphatic hydroxyl groups is 1. The maximum Gasteiger partial charge on any atom is 0.185 e. The summed E-state index contributed by atoms with van der Waals surface area (Å²) in [4.78, 5) is 10.3. The molecule has 1 N–H and O–H groups in total. The van der Waals surface area contributed by atoms with E-state index >= 15 is 0 Å². The molecule has 1 aliphatic carbocycles. The van der Waals surface area contributed by atoms with E-state index in [1.807, 2.05) is 0 Å². The van der Waals surface area contributed by atoms with Crippen molar-refractivity contribution in [3.05, 3.63) is 11.1 Å². The molecule has 0 aromatic carbocycles. The van der Waals surface area contributed by atoms with Crippen LogP contribution in [0.25, 0.3) is 0 Å². The highest BCUT2D eigenvalue weighted by atomic mass is 32.1. The van der Waals surface area contributed by atoms with Crippen LogP contribution in [0.3, 0.4) is 0 Å². The number of anilines is 1. The van der Waals surface area contributed by atoms with Gasteiger partial charge in [-0.15, -0.1) is 0 Å². The van der Waals surface area contributed by atoms with Gasteiger partial charge in [-0.25, -0.2) is 4.98 Å². The third-order valence-corrected chi connectivity index (χ3v) is 4.60. The first kappa shape index (κ1) is 11.4. The van der Waals surface area contributed by atoms with Crippen molar-refractivity contribution in [1.82, 2.24) is 9.88 Å².